The highest BCUT2D eigenvalue weighted by Crippen LogP contribution is 2.26. The van der Waals surface area contributed by atoms with Gasteiger partial charge in [0.25, 0.3) is 11.8 Å². The molecule has 4 N–H and O–H groups in total. The molecule has 0 aliphatic rings. The van der Waals surface area contributed by atoms with Crippen molar-refractivity contribution in [3.63, 3.8) is 0 Å². The van der Waals surface area contributed by atoms with Gasteiger partial charge in [0, 0.05) is 12.7 Å². The summed E-state index contributed by atoms with van der Waals surface area (Å²) >= 11 is 0. The first-order valence-electron chi connectivity index (χ1n) is 9.56. The molecule has 32 heavy (non-hydrogen) atoms. The molecule has 0 saturated carbocycles. The van der Waals surface area contributed by atoms with Crippen molar-refractivity contribution in [1.82, 2.24) is 5.32 Å². The summed E-state index contributed by atoms with van der Waals surface area (Å²) in [4.78, 5) is 48.1. The van der Waals surface area contributed by atoms with Crippen LogP contribution in [0.25, 0.3) is 11.1 Å². The lowest BCUT2D eigenvalue weighted by Gasteiger charge is -2.12. The van der Waals surface area contributed by atoms with E-state index in [-0.39, 0.29) is 22.3 Å². The van der Waals surface area contributed by atoms with Gasteiger partial charge in [-0.25, -0.2) is 9.59 Å². The Morgan fingerprint density at radius 2 is 1.12 bits per heavy atom. The number of hydrogen-bond donors (Lipinski definition) is 4. The summed E-state index contributed by atoms with van der Waals surface area (Å²) in [5.41, 5.74) is 1.94. The smallest absolute Gasteiger partial charge is 0.336 e. The molecule has 3 aromatic carbocycles. The highest BCUT2D eigenvalue weighted by atomic mass is 16.4. The van der Waals surface area contributed by atoms with Gasteiger partial charge in [-0.2, -0.15) is 0 Å². The van der Waals surface area contributed by atoms with Gasteiger partial charge in [0.2, 0.25) is 0 Å². The standard InChI is InChI=1S/C24H20N2O6/c1-13-3-7-16(8-4-13)26-22(28)20-12-15(6-10-18(20)24(31)32)14-5-9-17(23(29)30)19(11-14)21(27)25-2/h3-12H,1-2H3,(H,25,27)(H,26,28)(H,29,30)(H,31,32). The first-order chi connectivity index (χ1) is 15.2. The molecule has 0 spiro atoms. The molecular weight excluding hydrogens is 412 g/mol. The number of carbonyl (C=O) groups excluding carboxylic acids is 2. The minimum Gasteiger partial charge on any atom is -0.478 e. The number of nitrogens with one attached hydrogen (secondary N) is 2. The molecule has 0 aliphatic heterocycles. The van der Waals surface area contributed by atoms with Gasteiger partial charge in [0.15, 0.2) is 0 Å². The van der Waals surface area contributed by atoms with E-state index in [1.807, 2.05) is 19.1 Å². The maximum Gasteiger partial charge on any atom is 0.336 e. The zero-order valence-electron chi connectivity index (χ0n) is 17.3. The topological polar surface area (TPSA) is 133 Å². The van der Waals surface area contributed by atoms with Crippen molar-refractivity contribution >= 4 is 29.4 Å². The van der Waals surface area contributed by atoms with Gasteiger partial charge in [-0.3, -0.25) is 9.59 Å². The van der Waals surface area contributed by atoms with Gasteiger partial charge in [-0.05, 0) is 54.4 Å². The molecule has 0 saturated heterocycles. The largest absolute Gasteiger partial charge is 0.478 e. The number of carbonyl (C=O) groups is 4. The van der Waals surface area contributed by atoms with Crippen LogP contribution in [0.5, 0.6) is 0 Å². The number of amides is 2. The Bertz CT molecular complexity index is 1230. The molecule has 0 aromatic heterocycles. The lowest BCUT2D eigenvalue weighted by atomic mass is 9.95. The van der Waals surface area contributed by atoms with Crippen LogP contribution in [0, 0.1) is 6.92 Å². The van der Waals surface area contributed by atoms with E-state index in [1.165, 1.54) is 43.4 Å². The zero-order chi connectivity index (χ0) is 23.4. The molecule has 0 heterocycles. The average Bonchev–Trinajstić information content (AvgIpc) is 2.79. The normalized spacial score (nSPS) is 10.3. The fourth-order valence-corrected chi connectivity index (χ4v) is 3.17. The molecule has 0 radical (unpaired) electrons. The Morgan fingerprint density at radius 3 is 1.56 bits per heavy atom. The van der Waals surface area contributed by atoms with Crippen LogP contribution in [-0.4, -0.2) is 41.0 Å². The molecule has 3 aromatic rings. The van der Waals surface area contributed by atoms with Gasteiger partial charge >= 0.3 is 11.9 Å². The molecule has 0 aliphatic carbocycles. The molecule has 0 fully saturated rings. The summed E-state index contributed by atoms with van der Waals surface area (Å²) in [5, 5.41) is 23.9. The van der Waals surface area contributed by atoms with Crippen molar-refractivity contribution in [1.29, 1.82) is 0 Å². The summed E-state index contributed by atoms with van der Waals surface area (Å²) in [6.45, 7) is 1.90. The number of carboxylic acid groups (broad SMARTS) is 2. The van der Waals surface area contributed by atoms with Gasteiger partial charge in [-0.1, -0.05) is 29.8 Å². The van der Waals surface area contributed by atoms with Crippen LogP contribution in [0.15, 0.2) is 60.7 Å². The van der Waals surface area contributed by atoms with E-state index in [0.717, 1.165) is 5.56 Å². The Hall–Kier alpha value is -4.46. The summed E-state index contributed by atoms with van der Waals surface area (Å²) < 4.78 is 0. The highest BCUT2D eigenvalue weighted by Gasteiger charge is 2.20. The summed E-state index contributed by atoms with van der Waals surface area (Å²) in [6.07, 6.45) is 0. The van der Waals surface area contributed by atoms with Crippen molar-refractivity contribution in [2.45, 2.75) is 6.92 Å². The van der Waals surface area contributed by atoms with Crippen LogP contribution < -0.4 is 10.6 Å². The van der Waals surface area contributed by atoms with E-state index >= 15 is 0 Å². The number of aromatic carboxylic acids is 2. The average molecular weight is 432 g/mol. The fourth-order valence-electron chi connectivity index (χ4n) is 3.17. The van der Waals surface area contributed by atoms with E-state index < -0.39 is 23.8 Å². The molecule has 3 rings (SSSR count). The van der Waals surface area contributed by atoms with E-state index in [4.69, 9.17) is 0 Å². The number of rotatable bonds is 6. The Balaban J connectivity index is 2.06. The van der Waals surface area contributed by atoms with Crippen LogP contribution in [0.4, 0.5) is 5.69 Å². The minimum atomic E-state index is -1.27. The lowest BCUT2D eigenvalue weighted by molar-refractivity contribution is 0.0683. The van der Waals surface area contributed by atoms with Crippen molar-refractivity contribution in [3.05, 3.63) is 88.5 Å². The summed E-state index contributed by atoms with van der Waals surface area (Å²) in [5.74, 6) is -3.71. The van der Waals surface area contributed by atoms with Crippen molar-refractivity contribution in [2.24, 2.45) is 0 Å². The SMILES string of the molecule is CNC(=O)c1cc(-c2ccc(C(=O)O)c(C(=O)Nc3ccc(C)cc3)c2)ccc1C(=O)O. The zero-order valence-corrected chi connectivity index (χ0v) is 17.3. The predicted octanol–water partition coefficient (Wildman–Crippen LogP) is 3.67. The van der Waals surface area contributed by atoms with Crippen molar-refractivity contribution < 1.29 is 29.4 Å². The van der Waals surface area contributed by atoms with E-state index in [1.54, 1.807) is 12.1 Å². The van der Waals surface area contributed by atoms with Crippen LogP contribution in [0.3, 0.4) is 0 Å². The van der Waals surface area contributed by atoms with Gasteiger partial charge in [0.05, 0.1) is 22.3 Å². The Labute approximate surface area is 183 Å². The first kappa shape index (κ1) is 22.2. The van der Waals surface area contributed by atoms with Crippen molar-refractivity contribution in [2.75, 3.05) is 12.4 Å². The minimum absolute atomic E-state index is 0.0505. The molecule has 0 atom stereocenters. The summed E-state index contributed by atoms with van der Waals surface area (Å²) in [7, 11) is 1.38. The maximum atomic E-state index is 12.9. The van der Waals surface area contributed by atoms with Crippen molar-refractivity contribution in [3.8, 4) is 11.1 Å². The molecule has 8 heteroatoms. The number of hydrogen-bond acceptors (Lipinski definition) is 4. The summed E-state index contributed by atoms with van der Waals surface area (Å²) in [6, 6.07) is 15.4. The van der Waals surface area contributed by atoms with Gasteiger partial charge in [-0.15, -0.1) is 0 Å². The fraction of sp³-hybridized carbons (Fsp3) is 0.0833. The monoisotopic (exact) mass is 432 g/mol. The second-order valence-corrected chi connectivity index (χ2v) is 7.03. The predicted molar refractivity (Wildman–Crippen MR) is 118 cm³/mol. The van der Waals surface area contributed by atoms with E-state index in [9.17, 15) is 29.4 Å². The second kappa shape index (κ2) is 9.13. The number of carboxylic acids is 2. The quantitative estimate of drug-likeness (QED) is 0.470. The molecule has 8 nitrogen and oxygen atoms in total. The number of anilines is 1. The number of benzene rings is 3. The number of aryl methyl sites for hydroxylation is 1. The van der Waals surface area contributed by atoms with Crippen LogP contribution in [0.2, 0.25) is 0 Å². The molecular formula is C24H20N2O6. The highest BCUT2D eigenvalue weighted by molar-refractivity contribution is 6.11. The first-order valence-corrected chi connectivity index (χ1v) is 9.56. The lowest BCUT2D eigenvalue weighted by Crippen LogP contribution is -2.21. The maximum absolute atomic E-state index is 12.9. The van der Waals surface area contributed by atoms with Gasteiger partial charge in [0.1, 0.15) is 0 Å². The third-order valence-corrected chi connectivity index (χ3v) is 4.86. The Morgan fingerprint density at radius 1 is 0.656 bits per heavy atom. The van der Waals surface area contributed by atoms with Crippen LogP contribution >= 0.6 is 0 Å². The molecule has 0 bridgehead atoms. The van der Waals surface area contributed by atoms with E-state index in [0.29, 0.717) is 16.8 Å². The van der Waals surface area contributed by atoms with Gasteiger partial charge < -0.3 is 20.8 Å². The molecule has 162 valence electrons. The Kier molecular flexibility index (Phi) is 6.34. The molecule has 0 unspecified atom stereocenters. The van der Waals surface area contributed by atoms with E-state index in [2.05, 4.69) is 10.6 Å². The third kappa shape index (κ3) is 4.65. The van der Waals surface area contributed by atoms with Crippen LogP contribution in [-0.2, 0) is 0 Å². The molecule has 2 amide bonds. The van der Waals surface area contributed by atoms with Crippen LogP contribution in [0.1, 0.15) is 47.0 Å². The third-order valence-electron chi connectivity index (χ3n) is 4.86. The second-order valence-electron chi connectivity index (χ2n) is 7.03.